The molecular formula is C14H26O. The molecule has 88 valence electrons. The van der Waals surface area contributed by atoms with Crippen molar-refractivity contribution >= 4 is 0 Å². The standard InChI is InChI=1S/C14H26O/c1-13(2,3)11-9-7-10(15-8-9)12(11)14(4,5)6/h9-12H,7-8H2,1-6H3. The molecule has 0 amide bonds. The molecule has 15 heavy (non-hydrogen) atoms. The van der Waals surface area contributed by atoms with Gasteiger partial charge in [0.1, 0.15) is 0 Å². The molecule has 0 spiro atoms. The first-order chi connectivity index (χ1) is 6.71. The molecule has 0 aromatic carbocycles. The number of rotatable bonds is 0. The summed E-state index contributed by atoms with van der Waals surface area (Å²) in [6.07, 6.45) is 1.85. The molecule has 0 aromatic rings. The van der Waals surface area contributed by atoms with Gasteiger partial charge in [0.05, 0.1) is 12.7 Å². The van der Waals surface area contributed by atoms with E-state index in [1.54, 1.807) is 0 Å². The summed E-state index contributed by atoms with van der Waals surface area (Å²) in [5.41, 5.74) is 0.818. The van der Waals surface area contributed by atoms with Gasteiger partial charge >= 0.3 is 0 Å². The van der Waals surface area contributed by atoms with Crippen LogP contribution in [-0.4, -0.2) is 12.7 Å². The van der Waals surface area contributed by atoms with Crippen molar-refractivity contribution in [3.05, 3.63) is 0 Å². The van der Waals surface area contributed by atoms with Gasteiger partial charge in [0.2, 0.25) is 0 Å². The van der Waals surface area contributed by atoms with E-state index in [4.69, 9.17) is 4.74 Å². The summed E-state index contributed by atoms with van der Waals surface area (Å²) >= 11 is 0. The average molecular weight is 210 g/mol. The average Bonchev–Trinajstić information content (AvgIpc) is 2.56. The Morgan fingerprint density at radius 1 is 0.867 bits per heavy atom. The first kappa shape index (κ1) is 11.4. The third-order valence-electron chi connectivity index (χ3n) is 4.35. The fourth-order valence-electron chi connectivity index (χ4n) is 4.05. The first-order valence-corrected chi connectivity index (χ1v) is 6.33. The lowest BCUT2D eigenvalue weighted by atomic mass is 9.62. The monoisotopic (exact) mass is 210 g/mol. The molecular weight excluding hydrogens is 184 g/mol. The molecule has 2 rings (SSSR count). The summed E-state index contributed by atoms with van der Waals surface area (Å²) in [6.45, 7) is 15.3. The summed E-state index contributed by atoms with van der Waals surface area (Å²) in [7, 11) is 0. The SMILES string of the molecule is CC(C)(C)C1C2COC(C2)C1C(C)(C)C. The van der Waals surface area contributed by atoms with Gasteiger partial charge in [-0.15, -0.1) is 0 Å². The lowest BCUT2D eigenvalue weighted by Crippen LogP contribution is -2.43. The summed E-state index contributed by atoms with van der Waals surface area (Å²) in [4.78, 5) is 0. The minimum atomic E-state index is 0.387. The Balaban J connectivity index is 2.28. The Morgan fingerprint density at radius 2 is 1.40 bits per heavy atom. The van der Waals surface area contributed by atoms with Crippen LogP contribution < -0.4 is 0 Å². The molecule has 4 unspecified atom stereocenters. The molecule has 1 aliphatic carbocycles. The number of hydrogen-bond donors (Lipinski definition) is 0. The van der Waals surface area contributed by atoms with Crippen molar-refractivity contribution in [1.29, 1.82) is 0 Å². The van der Waals surface area contributed by atoms with Crippen molar-refractivity contribution in [2.24, 2.45) is 28.6 Å². The van der Waals surface area contributed by atoms with Gasteiger partial charge in [-0.05, 0) is 35.0 Å². The Hall–Kier alpha value is -0.0400. The molecule has 0 aromatic heterocycles. The Bertz CT molecular complexity index is 217. The molecule has 1 heterocycles. The zero-order valence-electron chi connectivity index (χ0n) is 11.1. The Morgan fingerprint density at radius 3 is 1.80 bits per heavy atom. The highest BCUT2D eigenvalue weighted by atomic mass is 16.5. The minimum absolute atomic E-state index is 0.387. The molecule has 0 radical (unpaired) electrons. The highest BCUT2D eigenvalue weighted by Crippen LogP contribution is 2.57. The fourth-order valence-corrected chi connectivity index (χ4v) is 4.05. The van der Waals surface area contributed by atoms with E-state index in [2.05, 4.69) is 41.5 Å². The number of fused-ring (bicyclic) bond motifs is 2. The number of ether oxygens (including phenoxy) is 1. The minimum Gasteiger partial charge on any atom is -0.378 e. The Kier molecular flexibility index (Phi) is 2.46. The summed E-state index contributed by atoms with van der Waals surface area (Å²) in [6, 6.07) is 0. The van der Waals surface area contributed by atoms with Crippen LogP contribution in [0.3, 0.4) is 0 Å². The highest BCUT2D eigenvalue weighted by Gasteiger charge is 2.56. The van der Waals surface area contributed by atoms with E-state index in [-0.39, 0.29) is 0 Å². The van der Waals surface area contributed by atoms with Gasteiger partial charge in [-0.25, -0.2) is 0 Å². The van der Waals surface area contributed by atoms with Gasteiger partial charge in [-0.1, -0.05) is 41.5 Å². The maximum Gasteiger partial charge on any atom is 0.0615 e. The van der Waals surface area contributed by atoms with Crippen LogP contribution in [-0.2, 0) is 4.74 Å². The van der Waals surface area contributed by atoms with Crippen LogP contribution in [0.4, 0.5) is 0 Å². The van der Waals surface area contributed by atoms with Gasteiger partial charge in [0.25, 0.3) is 0 Å². The van der Waals surface area contributed by atoms with E-state index < -0.39 is 0 Å². The zero-order valence-corrected chi connectivity index (χ0v) is 11.1. The van der Waals surface area contributed by atoms with Crippen molar-refractivity contribution in [2.75, 3.05) is 6.61 Å². The van der Waals surface area contributed by atoms with Gasteiger partial charge in [-0.3, -0.25) is 0 Å². The zero-order chi connectivity index (χ0) is 11.4. The second-order valence-electron chi connectivity index (χ2n) is 7.65. The second-order valence-corrected chi connectivity index (χ2v) is 7.65. The van der Waals surface area contributed by atoms with Gasteiger partial charge in [0, 0.05) is 0 Å². The topological polar surface area (TPSA) is 9.23 Å². The largest absolute Gasteiger partial charge is 0.378 e. The fraction of sp³-hybridized carbons (Fsp3) is 1.00. The number of hydrogen-bond acceptors (Lipinski definition) is 1. The second kappa shape index (κ2) is 3.23. The van der Waals surface area contributed by atoms with E-state index in [9.17, 15) is 0 Å². The molecule has 1 heteroatoms. The summed E-state index contributed by atoms with van der Waals surface area (Å²) < 4.78 is 5.92. The van der Waals surface area contributed by atoms with Crippen LogP contribution in [0.25, 0.3) is 0 Å². The molecule has 2 fully saturated rings. The van der Waals surface area contributed by atoms with Gasteiger partial charge in [0.15, 0.2) is 0 Å². The van der Waals surface area contributed by atoms with Gasteiger partial charge < -0.3 is 4.74 Å². The Labute approximate surface area is 94.6 Å². The van der Waals surface area contributed by atoms with Crippen LogP contribution in [0.15, 0.2) is 0 Å². The molecule has 0 N–H and O–H groups in total. The third kappa shape index (κ3) is 1.84. The molecule has 2 bridgehead atoms. The summed E-state index contributed by atoms with van der Waals surface area (Å²) in [5, 5.41) is 0. The molecule has 1 saturated heterocycles. The van der Waals surface area contributed by atoms with E-state index >= 15 is 0 Å². The van der Waals surface area contributed by atoms with Crippen molar-refractivity contribution in [3.8, 4) is 0 Å². The molecule has 1 saturated carbocycles. The normalized spacial score (nSPS) is 41.2. The van der Waals surface area contributed by atoms with Crippen LogP contribution in [0.5, 0.6) is 0 Å². The van der Waals surface area contributed by atoms with Crippen LogP contribution in [0.2, 0.25) is 0 Å². The smallest absolute Gasteiger partial charge is 0.0615 e. The lowest BCUT2D eigenvalue weighted by molar-refractivity contribution is -0.0750. The van der Waals surface area contributed by atoms with E-state index in [1.165, 1.54) is 6.42 Å². The molecule has 2 aliphatic rings. The van der Waals surface area contributed by atoms with Gasteiger partial charge in [-0.2, -0.15) is 0 Å². The van der Waals surface area contributed by atoms with E-state index in [0.29, 0.717) is 16.9 Å². The first-order valence-electron chi connectivity index (χ1n) is 6.33. The lowest BCUT2D eigenvalue weighted by Gasteiger charge is -2.46. The van der Waals surface area contributed by atoms with Crippen LogP contribution >= 0.6 is 0 Å². The predicted octanol–water partition coefficient (Wildman–Crippen LogP) is 3.73. The molecule has 1 aliphatic heterocycles. The predicted molar refractivity (Wildman–Crippen MR) is 63.7 cm³/mol. The van der Waals surface area contributed by atoms with Crippen molar-refractivity contribution in [1.82, 2.24) is 0 Å². The molecule has 1 nitrogen and oxygen atoms in total. The quantitative estimate of drug-likeness (QED) is 0.592. The highest BCUT2D eigenvalue weighted by molar-refractivity contribution is 5.03. The van der Waals surface area contributed by atoms with Crippen molar-refractivity contribution in [3.63, 3.8) is 0 Å². The third-order valence-corrected chi connectivity index (χ3v) is 4.35. The van der Waals surface area contributed by atoms with Crippen LogP contribution in [0, 0.1) is 28.6 Å². The summed E-state index contributed by atoms with van der Waals surface area (Å²) in [5.74, 6) is 2.41. The van der Waals surface area contributed by atoms with Crippen molar-refractivity contribution < 1.29 is 4.74 Å². The maximum absolute atomic E-state index is 5.92. The van der Waals surface area contributed by atoms with Crippen LogP contribution in [0.1, 0.15) is 48.0 Å². The maximum atomic E-state index is 5.92. The van der Waals surface area contributed by atoms with E-state index in [1.807, 2.05) is 0 Å². The van der Waals surface area contributed by atoms with Crippen molar-refractivity contribution in [2.45, 2.75) is 54.1 Å². The molecule has 4 atom stereocenters. The van der Waals surface area contributed by atoms with E-state index in [0.717, 1.165) is 24.4 Å².